The van der Waals surface area contributed by atoms with Gasteiger partial charge < -0.3 is 16.2 Å². The van der Waals surface area contributed by atoms with Crippen LogP contribution >= 0.6 is 0 Å². The molecule has 4 N–H and O–H groups in total. The highest BCUT2D eigenvalue weighted by molar-refractivity contribution is 5.98. The Kier molecular flexibility index (Phi) is 3.57. The third-order valence-corrected chi connectivity index (χ3v) is 3.66. The second kappa shape index (κ2) is 4.98. The summed E-state index contributed by atoms with van der Waals surface area (Å²) in [6.45, 7) is 1.85. The summed E-state index contributed by atoms with van der Waals surface area (Å²) in [5, 5.41) is 12.2. The van der Waals surface area contributed by atoms with Crippen molar-refractivity contribution < 1.29 is 9.90 Å². The lowest BCUT2D eigenvalue weighted by molar-refractivity contribution is -0.122. The van der Waals surface area contributed by atoms with E-state index in [1.165, 1.54) is 0 Å². The Balaban J connectivity index is 2.11. The first kappa shape index (κ1) is 12.9. The van der Waals surface area contributed by atoms with Gasteiger partial charge in [0.05, 0.1) is 5.54 Å². The van der Waals surface area contributed by atoms with Crippen LogP contribution in [-0.4, -0.2) is 16.6 Å². The van der Waals surface area contributed by atoms with E-state index in [0.717, 1.165) is 37.7 Å². The van der Waals surface area contributed by atoms with Crippen LogP contribution in [0.2, 0.25) is 0 Å². The van der Waals surface area contributed by atoms with Crippen molar-refractivity contribution in [2.24, 2.45) is 5.73 Å². The van der Waals surface area contributed by atoms with Crippen molar-refractivity contribution in [1.82, 2.24) is 0 Å². The van der Waals surface area contributed by atoms with Crippen LogP contribution in [-0.2, 0) is 4.79 Å². The van der Waals surface area contributed by atoms with E-state index in [4.69, 9.17) is 5.73 Å². The van der Waals surface area contributed by atoms with Gasteiger partial charge >= 0.3 is 0 Å². The number of hydrogen-bond donors (Lipinski definition) is 3. The van der Waals surface area contributed by atoms with Crippen molar-refractivity contribution in [2.75, 3.05) is 5.32 Å². The van der Waals surface area contributed by atoms with E-state index in [0.29, 0.717) is 5.69 Å². The number of phenols is 1. The summed E-state index contributed by atoms with van der Waals surface area (Å²) in [7, 11) is 0. The monoisotopic (exact) mass is 248 g/mol. The first-order valence-electron chi connectivity index (χ1n) is 6.41. The Morgan fingerprint density at radius 3 is 2.61 bits per heavy atom. The highest BCUT2D eigenvalue weighted by Crippen LogP contribution is 2.28. The topological polar surface area (TPSA) is 75.3 Å². The number of nitrogens with one attached hydrogen (secondary N) is 1. The fourth-order valence-electron chi connectivity index (χ4n) is 2.44. The van der Waals surface area contributed by atoms with Gasteiger partial charge in [0.25, 0.3) is 0 Å². The van der Waals surface area contributed by atoms with E-state index in [1.807, 2.05) is 6.92 Å². The molecule has 18 heavy (non-hydrogen) atoms. The van der Waals surface area contributed by atoms with Gasteiger partial charge in [-0.05, 0) is 43.5 Å². The number of aryl methyl sites for hydroxylation is 1. The minimum Gasteiger partial charge on any atom is -0.508 e. The standard InChI is InChI=1S/C14H20N2O2/c1-10-9-11(17)5-6-12(10)16-13(18)14(15)7-3-2-4-8-14/h5-6,9,17H,2-4,7-8,15H2,1H3,(H,16,18). The molecule has 0 aromatic heterocycles. The lowest BCUT2D eigenvalue weighted by atomic mass is 9.82. The molecule has 1 aliphatic carbocycles. The van der Waals surface area contributed by atoms with Gasteiger partial charge in [-0.25, -0.2) is 0 Å². The van der Waals surface area contributed by atoms with Gasteiger partial charge in [-0.15, -0.1) is 0 Å². The largest absolute Gasteiger partial charge is 0.508 e. The molecular weight excluding hydrogens is 228 g/mol. The molecule has 0 bridgehead atoms. The van der Waals surface area contributed by atoms with Gasteiger partial charge in [-0.3, -0.25) is 4.79 Å². The molecule has 1 saturated carbocycles. The van der Waals surface area contributed by atoms with Crippen molar-refractivity contribution in [2.45, 2.75) is 44.6 Å². The van der Waals surface area contributed by atoms with E-state index in [1.54, 1.807) is 18.2 Å². The number of aromatic hydroxyl groups is 1. The van der Waals surface area contributed by atoms with Crippen molar-refractivity contribution in [3.05, 3.63) is 23.8 Å². The summed E-state index contributed by atoms with van der Waals surface area (Å²) in [5.41, 5.74) is 6.99. The minimum absolute atomic E-state index is 0.115. The van der Waals surface area contributed by atoms with Crippen LogP contribution in [0.1, 0.15) is 37.7 Å². The quantitative estimate of drug-likeness (QED) is 0.703. The van der Waals surface area contributed by atoms with E-state index in [-0.39, 0.29) is 11.7 Å². The van der Waals surface area contributed by atoms with Gasteiger partial charge in [0, 0.05) is 5.69 Å². The zero-order chi connectivity index (χ0) is 13.2. The summed E-state index contributed by atoms with van der Waals surface area (Å²) in [4.78, 5) is 12.2. The van der Waals surface area contributed by atoms with E-state index in [2.05, 4.69) is 5.32 Å². The number of nitrogens with two attached hydrogens (primary N) is 1. The normalized spacial score (nSPS) is 18.3. The third kappa shape index (κ3) is 2.64. The second-order valence-corrected chi connectivity index (χ2v) is 5.17. The zero-order valence-corrected chi connectivity index (χ0v) is 10.7. The van der Waals surface area contributed by atoms with Gasteiger partial charge in [-0.2, -0.15) is 0 Å². The van der Waals surface area contributed by atoms with Gasteiger partial charge in [0.15, 0.2) is 0 Å². The number of anilines is 1. The summed E-state index contributed by atoms with van der Waals surface area (Å²) >= 11 is 0. The molecule has 0 heterocycles. The van der Waals surface area contributed by atoms with Crippen molar-refractivity contribution in [3.8, 4) is 5.75 Å². The van der Waals surface area contributed by atoms with Gasteiger partial charge in [0.2, 0.25) is 5.91 Å². The van der Waals surface area contributed by atoms with E-state index >= 15 is 0 Å². The molecule has 1 amide bonds. The lowest BCUT2D eigenvalue weighted by Gasteiger charge is -2.32. The fraction of sp³-hybridized carbons (Fsp3) is 0.500. The Bertz CT molecular complexity index is 451. The molecule has 4 nitrogen and oxygen atoms in total. The summed E-state index contributed by atoms with van der Waals surface area (Å²) in [5.74, 6) is 0.0848. The van der Waals surface area contributed by atoms with Gasteiger partial charge in [-0.1, -0.05) is 19.3 Å². The molecule has 0 aliphatic heterocycles. The van der Waals surface area contributed by atoms with Crippen LogP contribution in [0.3, 0.4) is 0 Å². The number of hydrogen-bond acceptors (Lipinski definition) is 3. The molecule has 4 heteroatoms. The molecule has 0 atom stereocenters. The number of amides is 1. The summed E-state index contributed by atoms with van der Waals surface area (Å²) in [6.07, 6.45) is 4.67. The first-order valence-corrected chi connectivity index (χ1v) is 6.41. The lowest BCUT2D eigenvalue weighted by Crippen LogP contribution is -2.52. The fourth-order valence-corrected chi connectivity index (χ4v) is 2.44. The maximum absolute atomic E-state index is 12.2. The van der Waals surface area contributed by atoms with E-state index in [9.17, 15) is 9.90 Å². The Hall–Kier alpha value is -1.55. The van der Waals surface area contributed by atoms with Crippen LogP contribution in [0.25, 0.3) is 0 Å². The Labute approximate surface area is 107 Å². The predicted octanol–water partition coefficient (Wildman–Crippen LogP) is 2.30. The molecule has 1 aliphatic rings. The predicted molar refractivity (Wildman–Crippen MR) is 71.5 cm³/mol. The van der Waals surface area contributed by atoms with Crippen molar-refractivity contribution >= 4 is 11.6 Å². The average Bonchev–Trinajstić information content (AvgIpc) is 2.33. The molecule has 0 unspecified atom stereocenters. The second-order valence-electron chi connectivity index (χ2n) is 5.17. The highest BCUT2D eigenvalue weighted by atomic mass is 16.3. The SMILES string of the molecule is Cc1cc(O)ccc1NC(=O)C1(N)CCCCC1. The Morgan fingerprint density at radius 1 is 1.33 bits per heavy atom. The van der Waals surface area contributed by atoms with Gasteiger partial charge in [0.1, 0.15) is 5.75 Å². The van der Waals surface area contributed by atoms with Crippen molar-refractivity contribution in [3.63, 3.8) is 0 Å². The van der Waals surface area contributed by atoms with Crippen molar-refractivity contribution in [1.29, 1.82) is 0 Å². The highest BCUT2D eigenvalue weighted by Gasteiger charge is 2.35. The maximum Gasteiger partial charge on any atom is 0.244 e. The number of carbonyl (C=O) groups is 1. The number of rotatable bonds is 2. The third-order valence-electron chi connectivity index (χ3n) is 3.66. The Morgan fingerprint density at radius 2 is 2.00 bits per heavy atom. The van der Waals surface area contributed by atoms with Crippen LogP contribution < -0.4 is 11.1 Å². The molecule has 1 aromatic rings. The first-order chi connectivity index (χ1) is 8.51. The average molecular weight is 248 g/mol. The molecule has 0 radical (unpaired) electrons. The van der Waals surface area contributed by atoms with Crippen LogP contribution in [0.15, 0.2) is 18.2 Å². The van der Waals surface area contributed by atoms with Crippen LogP contribution in [0.5, 0.6) is 5.75 Å². The minimum atomic E-state index is -0.734. The molecular formula is C14H20N2O2. The number of carbonyl (C=O) groups excluding carboxylic acids is 1. The van der Waals surface area contributed by atoms with E-state index < -0.39 is 5.54 Å². The molecule has 1 aromatic carbocycles. The maximum atomic E-state index is 12.2. The smallest absolute Gasteiger partial charge is 0.244 e. The zero-order valence-electron chi connectivity index (χ0n) is 10.7. The summed E-state index contributed by atoms with van der Waals surface area (Å²) in [6, 6.07) is 4.89. The number of phenolic OH excluding ortho intramolecular Hbond substituents is 1. The molecule has 98 valence electrons. The number of benzene rings is 1. The molecule has 1 fully saturated rings. The van der Waals surface area contributed by atoms with Crippen LogP contribution in [0, 0.1) is 6.92 Å². The molecule has 2 rings (SSSR count). The van der Waals surface area contributed by atoms with Crippen LogP contribution in [0.4, 0.5) is 5.69 Å². The summed E-state index contributed by atoms with van der Waals surface area (Å²) < 4.78 is 0. The molecule has 0 saturated heterocycles. The molecule has 0 spiro atoms.